The van der Waals surface area contributed by atoms with E-state index in [1.807, 2.05) is 6.07 Å². The Morgan fingerprint density at radius 2 is 2.00 bits per heavy atom. The molecule has 3 amide bonds. The molecule has 0 aromatic heterocycles. The average molecular weight is 709 g/mol. The molecule has 1 spiro atoms. The minimum Gasteiger partial charge on any atom is -0.492 e. The van der Waals surface area contributed by atoms with E-state index in [0.717, 1.165) is 12.0 Å². The first-order valence-corrected chi connectivity index (χ1v) is 15.5. The van der Waals surface area contributed by atoms with Crippen LogP contribution in [0.5, 0.6) is 5.75 Å². The van der Waals surface area contributed by atoms with Gasteiger partial charge in [-0.25, -0.2) is 9.79 Å². The Kier molecular flexibility index (Phi) is 8.94. The lowest BCUT2D eigenvalue weighted by atomic mass is 9.79. The van der Waals surface area contributed by atoms with Crippen LogP contribution < -0.4 is 31.3 Å². The molecule has 4 heterocycles. The molecule has 1 aromatic carbocycles. The summed E-state index contributed by atoms with van der Waals surface area (Å²) >= 11 is 17.1. The van der Waals surface area contributed by atoms with Crippen LogP contribution >= 0.6 is 34.8 Å². The zero-order chi connectivity index (χ0) is 33.8. The van der Waals surface area contributed by atoms with E-state index in [1.165, 1.54) is 4.90 Å². The van der Waals surface area contributed by atoms with Gasteiger partial charge >= 0.3 is 12.0 Å². The Morgan fingerprint density at radius 1 is 1.28 bits per heavy atom. The van der Waals surface area contributed by atoms with Crippen molar-refractivity contribution < 1.29 is 37.7 Å². The molecule has 4 aliphatic rings. The topological polar surface area (TPSA) is 166 Å². The summed E-state index contributed by atoms with van der Waals surface area (Å²) in [6, 6.07) is 2.39. The number of guanidine groups is 1. The van der Waals surface area contributed by atoms with Crippen molar-refractivity contribution in [2.24, 2.45) is 4.99 Å². The largest absolute Gasteiger partial charge is 0.492 e. The summed E-state index contributed by atoms with van der Waals surface area (Å²) in [7, 11) is 0. The predicted molar refractivity (Wildman–Crippen MR) is 165 cm³/mol. The Bertz CT molecular complexity index is 1470. The second-order valence-corrected chi connectivity index (χ2v) is 14.8. The molecular formula is C28H34Cl3F2N7O6. The standard InChI is InChI=1S/C28H34Cl3F2N7O6/c1-13-35-19-16(10-34-22(43)26(4,32)33)37-23(38-24(44)46-12-27(29,30)31)40-11-17(20(41)28(19,40)39-13)36-21(42)14-6-5-7-15-18(14)45-9-8-25(15,2)3/h5-7,16-17,19-20,35,39,41H,1,8-12H2,2-4H3,(H,34,43)(H,36,42)(H,37,38,44)/t16-,17-,19-,20-,28-/m0/s1. The Morgan fingerprint density at radius 3 is 2.67 bits per heavy atom. The first kappa shape index (κ1) is 34.1. The molecule has 13 nitrogen and oxygen atoms in total. The molecule has 2 saturated heterocycles. The molecule has 46 heavy (non-hydrogen) atoms. The minimum absolute atomic E-state index is 0.0948. The third-order valence-corrected chi connectivity index (χ3v) is 8.80. The van der Waals surface area contributed by atoms with Gasteiger partial charge in [-0.15, -0.1) is 0 Å². The summed E-state index contributed by atoms with van der Waals surface area (Å²) in [5.41, 5.74) is -0.603. The number of aliphatic imine (C=N–C) groups is 1. The van der Waals surface area contributed by atoms with Crippen LogP contribution in [0.2, 0.25) is 0 Å². The highest BCUT2D eigenvalue weighted by Crippen LogP contribution is 2.42. The van der Waals surface area contributed by atoms with Crippen LogP contribution in [0, 0.1) is 0 Å². The molecule has 1 aromatic rings. The number of rotatable bonds is 6. The molecule has 0 saturated carbocycles. The van der Waals surface area contributed by atoms with Gasteiger partial charge in [0, 0.05) is 25.6 Å². The molecule has 252 valence electrons. The van der Waals surface area contributed by atoms with E-state index in [1.54, 1.807) is 12.1 Å². The number of alkyl carbamates (subject to hydrolysis) is 1. The van der Waals surface area contributed by atoms with Gasteiger partial charge < -0.3 is 40.7 Å². The molecule has 0 radical (unpaired) electrons. The van der Waals surface area contributed by atoms with Gasteiger partial charge in [0.2, 0.25) is 9.75 Å². The van der Waals surface area contributed by atoms with Crippen molar-refractivity contribution in [1.82, 2.24) is 31.5 Å². The second-order valence-electron chi connectivity index (χ2n) is 12.3. The molecule has 5 atom stereocenters. The predicted octanol–water partition coefficient (Wildman–Crippen LogP) is 1.86. The fraction of sp³-hybridized carbons (Fsp3) is 0.571. The first-order valence-electron chi connectivity index (χ1n) is 14.3. The monoisotopic (exact) mass is 707 g/mol. The molecule has 6 N–H and O–H groups in total. The maximum Gasteiger partial charge on any atom is 0.414 e. The fourth-order valence-corrected chi connectivity index (χ4v) is 6.39. The molecule has 0 unspecified atom stereocenters. The highest BCUT2D eigenvalue weighted by Gasteiger charge is 2.66. The van der Waals surface area contributed by atoms with Crippen molar-refractivity contribution in [3.63, 3.8) is 0 Å². The number of amides is 3. The van der Waals surface area contributed by atoms with Gasteiger partial charge in [-0.05, 0) is 17.9 Å². The van der Waals surface area contributed by atoms with Gasteiger partial charge in [0.15, 0.2) is 5.66 Å². The number of halogens is 5. The molecule has 5 rings (SSSR count). The Labute approximate surface area is 278 Å². The summed E-state index contributed by atoms with van der Waals surface area (Å²) < 4.78 is 36.3. The summed E-state index contributed by atoms with van der Waals surface area (Å²) in [6.45, 7) is 7.76. The maximum absolute atomic E-state index is 13.7. The van der Waals surface area contributed by atoms with Crippen molar-refractivity contribution in [2.45, 2.75) is 72.2 Å². The van der Waals surface area contributed by atoms with Crippen LogP contribution in [0.15, 0.2) is 35.6 Å². The summed E-state index contributed by atoms with van der Waals surface area (Å²) in [5.74, 6) is -5.22. The van der Waals surface area contributed by atoms with Crippen LogP contribution in [0.4, 0.5) is 13.6 Å². The number of para-hydroxylation sites is 1. The fourth-order valence-electron chi connectivity index (χ4n) is 6.22. The van der Waals surface area contributed by atoms with Crippen molar-refractivity contribution in [3.8, 4) is 5.75 Å². The average Bonchev–Trinajstić information content (AvgIpc) is 3.44. The lowest BCUT2D eigenvalue weighted by Gasteiger charge is -2.47. The number of carbonyl (C=O) groups excluding carboxylic acids is 3. The lowest BCUT2D eigenvalue weighted by Crippen LogP contribution is -2.74. The van der Waals surface area contributed by atoms with E-state index in [4.69, 9.17) is 44.3 Å². The van der Waals surface area contributed by atoms with Crippen molar-refractivity contribution in [2.75, 3.05) is 26.3 Å². The zero-order valence-electron chi connectivity index (χ0n) is 25.1. The number of benzene rings is 1. The summed E-state index contributed by atoms with van der Waals surface area (Å²) in [5, 5.41) is 25.5. The van der Waals surface area contributed by atoms with E-state index < -0.39 is 70.7 Å². The molecule has 4 aliphatic heterocycles. The lowest BCUT2D eigenvalue weighted by molar-refractivity contribution is -0.143. The molecule has 0 bridgehead atoms. The van der Waals surface area contributed by atoms with E-state index in [-0.39, 0.29) is 29.3 Å². The van der Waals surface area contributed by atoms with E-state index in [2.05, 4.69) is 52.0 Å². The highest BCUT2D eigenvalue weighted by molar-refractivity contribution is 6.67. The maximum atomic E-state index is 13.7. The summed E-state index contributed by atoms with van der Waals surface area (Å²) in [4.78, 5) is 44.5. The minimum atomic E-state index is -3.67. The van der Waals surface area contributed by atoms with Crippen molar-refractivity contribution in [3.05, 3.63) is 41.7 Å². The quantitative estimate of drug-likeness (QED) is 0.242. The Balaban J connectivity index is 1.46. The number of hydrogen-bond donors (Lipinski definition) is 6. The van der Waals surface area contributed by atoms with Crippen LogP contribution in [-0.2, 0) is 14.9 Å². The normalized spacial score (nSPS) is 27.9. The number of alkyl halides is 5. The Hall–Kier alpha value is -3.27. The van der Waals surface area contributed by atoms with Crippen molar-refractivity contribution >= 4 is 58.7 Å². The SMILES string of the molecule is C=C1N[C@H]2[C@H](CNC(=O)C(C)(F)F)N=C(NC(=O)OCC(Cl)(Cl)Cl)N3C[C@H](NC(=O)c4cccc5c4OCCC5(C)C)[C@H](O)[C@]23N1. The van der Waals surface area contributed by atoms with E-state index in [0.29, 0.717) is 19.3 Å². The summed E-state index contributed by atoms with van der Waals surface area (Å²) in [6.07, 6.45) is -1.71. The zero-order valence-corrected chi connectivity index (χ0v) is 27.3. The smallest absolute Gasteiger partial charge is 0.414 e. The van der Waals surface area contributed by atoms with Crippen LogP contribution in [0.1, 0.15) is 43.1 Å². The van der Waals surface area contributed by atoms with Gasteiger partial charge in [0.05, 0.1) is 36.1 Å². The third-order valence-electron chi connectivity index (χ3n) is 8.47. The second kappa shape index (κ2) is 12.1. The van der Waals surface area contributed by atoms with Gasteiger partial charge in [0.1, 0.15) is 18.5 Å². The van der Waals surface area contributed by atoms with E-state index in [9.17, 15) is 28.3 Å². The van der Waals surface area contributed by atoms with Crippen LogP contribution in [0.25, 0.3) is 0 Å². The van der Waals surface area contributed by atoms with Gasteiger partial charge in [-0.2, -0.15) is 8.78 Å². The van der Waals surface area contributed by atoms with Gasteiger partial charge in [-0.3, -0.25) is 14.9 Å². The molecule has 18 heteroatoms. The molecule has 0 aliphatic carbocycles. The van der Waals surface area contributed by atoms with Gasteiger partial charge in [0.25, 0.3) is 11.8 Å². The third kappa shape index (κ3) is 6.46. The molecular weight excluding hydrogens is 675 g/mol. The highest BCUT2D eigenvalue weighted by atomic mass is 35.6. The van der Waals surface area contributed by atoms with Crippen LogP contribution in [-0.4, -0.2) is 99.8 Å². The first-order chi connectivity index (χ1) is 21.3. The number of aliphatic hydroxyl groups is 1. The number of nitrogens with one attached hydrogen (secondary N) is 5. The number of aliphatic hydroxyl groups excluding tert-OH is 1. The van der Waals surface area contributed by atoms with E-state index >= 15 is 0 Å². The van der Waals surface area contributed by atoms with Gasteiger partial charge in [-0.1, -0.05) is 67.4 Å². The number of fused-ring (bicyclic) bond motifs is 1. The van der Waals surface area contributed by atoms with Crippen molar-refractivity contribution in [1.29, 1.82) is 0 Å². The molecule has 2 fully saturated rings. The number of hydrogen-bond acceptors (Lipinski definition) is 10. The number of carbonyl (C=O) groups is 3. The number of nitrogens with zero attached hydrogens (tertiary/aromatic N) is 2. The number of ether oxygens (including phenoxy) is 2. The van der Waals surface area contributed by atoms with Crippen LogP contribution in [0.3, 0.4) is 0 Å².